The lowest BCUT2D eigenvalue weighted by Crippen LogP contribution is -2.37. The highest BCUT2D eigenvalue weighted by atomic mass is 19.2. The summed E-state index contributed by atoms with van der Waals surface area (Å²) in [6.45, 7) is 46.4. The van der Waals surface area contributed by atoms with Gasteiger partial charge in [-0.15, -0.1) is 0 Å². The summed E-state index contributed by atoms with van der Waals surface area (Å²) in [5, 5.41) is 11.1. The highest BCUT2D eigenvalue weighted by Crippen LogP contribution is 2.30. The predicted octanol–water partition coefficient (Wildman–Crippen LogP) is 29.7. The van der Waals surface area contributed by atoms with Crippen molar-refractivity contribution in [3.8, 4) is 0 Å². The zero-order chi connectivity index (χ0) is 95.7. The van der Waals surface area contributed by atoms with Crippen molar-refractivity contribution in [2.45, 2.75) is 220 Å². The summed E-state index contributed by atoms with van der Waals surface area (Å²) in [5.41, 5.74) is 12.0. The number of rotatable bonds is 38. The SMILES string of the molecule is C.CCN(CC)C(C)CCC[n+]1cc(F)c(/C=C/C=C/c2ccc3cc(C)ccc3c2)c2ccccc21.CCN(CC)C(C)CCC[n+]1cc(F)c(/C=C/C=C/c2ccc3cc(C)ccc3c2)c2ccccc21.CCN(CC)C(C)CCC[n+]1ccc(/C(F)=C/c2ccc3cc(C)ccc3c2)c(F)c1.CCN(CC)C(C)CCC[n+]1ccc(/C(F)=C/c2ccc3cc(C)ccc3c2)c(F)c1. The highest BCUT2D eigenvalue weighted by molar-refractivity contribution is 5.92. The molecule has 14 heteroatoms. The van der Waals surface area contributed by atoms with E-state index in [2.05, 4.69) is 235 Å². The number of aryl methyl sites for hydroxylation is 8. The molecular weight excluding hydrogens is 1680 g/mol. The molecule has 4 aromatic heterocycles. The second kappa shape index (κ2) is 52.9. The average Bonchev–Trinajstić information content (AvgIpc) is 0.681. The van der Waals surface area contributed by atoms with Crippen molar-refractivity contribution in [1.29, 1.82) is 0 Å². The van der Waals surface area contributed by atoms with Gasteiger partial charge in [0.2, 0.25) is 35.8 Å². The van der Waals surface area contributed by atoms with E-state index in [1.807, 2.05) is 147 Å². The molecule has 0 fully saturated rings. The van der Waals surface area contributed by atoms with Crippen LogP contribution >= 0.6 is 0 Å². The van der Waals surface area contributed by atoms with Crippen LogP contribution in [-0.2, 0) is 26.2 Å². The van der Waals surface area contributed by atoms with Crippen molar-refractivity contribution in [3.05, 3.63) is 358 Å². The Morgan fingerprint density at radius 2 is 0.570 bits per heavy atom. The molecule has 4 heterocycles. The van der Waals surface area contributed by atoms with Gasteiger partial charge in [0.15, 0.2) is 35.7 Å². The van der Waals surface area contributed by atoms with Crippen LogP contribution in [0.4, 0.5) is 26.3 Å². The van der Waals surface area contributed by atoms with Gasteiger partial charge in [-0.3, -0.25) is 0 Å². The number of pyridine rings is 4. The minimum absolute atomic E-state index is 0. The average molecular weight is 1830 g/mol. The Morgan fingerprint density at radius 3 is 0.874 bits per heavy atom. The smallest absolute Gasteiger partial charge is 0.213 e. The Labute approximate surface area is 802 Å². The lowest BCUT2D eigenvalue weighted by molar-refractivity contribution is -0.699. The van der Waals surface area contributed by atoms with E-state index >= 15 is 8.78 Å². The maximum atomic E-state index is 15.3. The van der Waals surface area contributed by atoms with E-state index in [0.717, 1.165) is 196 Å². The first-order chi connectivity index (χ1) is 64.8. The standard InChI is InChI=1S/2C33H38FN2.2C27H33F2N2.CH4/c2*1-5-35(6-2)26(4)12-11-21-36-24-32(34)30(31-15-9-10-16-33(31)36)14-8-7-13-27-18-20-28-22-25(3)17-19-29(28)23-27;2*1-5-31(6-2)21(4)8-7-14-30-15-13-25(27(29)19-30)26(28)18-22-10-12-23-16-20(3)9-11-24(23)17-22;/h2*7-10,13-20,22-24,26H,5-6,11-12,21H2,1-4H3;2*9-13,15-19,21H,5-8,14H2,1-4H3;1H4/q4*+1;/b2*13-7+,14-8+;2*26-18-;. The minimum atomic E-state index is -0.564. The number of benzene rings is 10. The van der Waals surface area contributed by atoms with E-state index in [-0.39, 0.29) is 30.2 Å². The van der Waals surface area contributed by atoms with Gasteiger partial charge in [-0.1, -0.05) is 279 Å². The summed E-state index contributed by atoms with van der Waals surface area (Å²) >= 11 is 0. The number of hydrogen-bond acceptors (Lipinski definition) is 4. The molecule has 14 rings (SSSR count). The van der Waals surface area contributed by atoms with Crippen LogP contribution in [0.2, 0.25) is 0 Å². The molecule has 14 aromatic rings. The van der Waals surface area contributed by atoms with Gasteiger partial charge < -0.3 is 19.6 Å². The Hall–Kier alpha value is -11.8. The molecule has 708 valence electrons. The molecule has 4 atom stereocenters. The zero-order valence-corrected chi connectivity index (χ0v) is 82.2. The molecule has 0 saturated carbocycles. The lowest BCUT2D eigenvalue weighted by Gasteiger charge is -2.25. The quantitative estimate of drug-likeness (QED) is 0.0219. The van der Waals surface area contributed by atoms with Crippen molar-refractivity contribution < 1.29 is 44.6 Å². The van der Waals surface area contributed by atoms with Crippen molar-refractivity contribution >= 4 is 113 Å². The van der Waals surface area contributed by atoms with Gasteiger partial charge >= 0.3 is 0 Å². The van der Waals surface area contributed by atoms with E-state index in [9.17, 15) is 17.6 Å². The van der Waals surface area contributed by atoms with Gasteiger partial charge in [-0.05, 0) is 247 Å². The molecule has 0 aliphatic heterocycles. The molecule has 4 unspecified atom stereocenters. The molecule has 8 nitrogen and oxygen atoms in total. The predicted molar refractivity (Wildman–Crippen MR) is 563 cm³/mol. The zero-order valence-electron chi connectivity index (χ0n) is 82.2. The number of halogens is 6. The number of fused-ring (bicyclic) bond motifs is 6. The highest BCUT2D eigenvalue weighted by Gasteiger charge is 2.23. The topological polar surface area (TPSA) is 28.5 Å². The van der Waals surface area contributed by atoms with Crippen LogP contribution in [0.5, 0.6) is 0 Å². The monoisotopic (exact) mass is 1830 g/mol. The Bertz CT molecular complexity index is 6020. The van der Waals surface area contributed by atoms with Crippen LogP contribution in [0, 0.1) is 51.0 Å². The molecule has 0 radical (unpaired) electrons. The van der Waals surface area contributed by atoms with E-state index in [1.165, 1.54) is 80.5 Å². The molecular formula is C121H146F6N8+4. The molecule has 0 aliphatic rings. The van der Waals surface area contributed by atoms with Gasteiger partial charge in [-0.2, -0.15) is 26.7 Å². The van der Waals surface area contributed by atoms with Gasteiger partial charge in [0, 0.05) is 85.2 Å². The fraction of sp³-hybridized carbons (Fsp3) is 0.339. The second-order valence-corrected chi connectivity index (χ2v) is 35.8. The molecule has 0 spiro atoms. The van der Waals surface area contributed by atoms with E-state index in [1.54, 1.807) is 33.9 Å². The van der Waals surface area contributed by atoms with Crippen molar-refractivity contribution in [2.75, 3.05) is 52.4 Å². The molecule has 135 heavy (non-hydrogen) atoms. The maximum absolute atomic E-state index is 15.3. The summed E-state index contributed by atoms with van der Waals surface area (Å²) in [5.74, 6) is -2.57. The largest absolute Gasteiger partial charge is 0.301 e. The van der Waals surface area contributed by atoms with Gasteiger partial charge in [0.1, 0.15) is 37.8 Å². The fourth-order valence-corrected chi connectivity index (χ4v) is 18.5. The summed E-state index contributed by atoms with van der Waals surface area (Å²) in [6, 6.07) is 71.1. The first-order valence-corrected chi connectivity index (χ1v) is 48.8. The maximum Gasteiger partial charge on any atom is 0.213 e. The fourth-order valence-electron chi connectivity index (χ4n) is 18.5. The third-order valence-corrected chi connectivity index (χ3v) is 26.4. The molecule has 0 aliphatic carbocycles. The number of nitrogens with zero attached hydrogens (tertiary/aromatic N) is 8. The molecule has 0 N–H and O–H groups in total. The van der Waals surface area contributed by atoms with Gasteiger partial charge in [-0.25, -0.2) is 17.9 Å². The van der Waals surface area contributed by atoms with Crippen LogP contribution < -0.4 is 18.3 Å². The van der Waals surface area contributed by atoms with E-state index in [4.69, 9.17) is 0 Å². The Balaban J connectivity index is 0.000000186. The van der Waals surface area contributed by atoms with E-state index < -0.39 is 23.3 Å². The third kappa shape index (κ3) is 30.1. The van der Waals surface area contributed by atoms with Crippen molar-refractivity contribution in [2.24, 2.45) is 0 Å². The van der Waals surface area contributed by atoms with Crippen molar-refractivity contribution in [1.82, 2.24) is 19.6 Å². The molecule has 0 saturated heterocycles. The van der Waals surface area contributed by atoms with E-state index in [0.29, 0.717) is 35.3 Å². The van der Waals surface area contributed by atoms with Gasteiger partial charge in [0.25, 0.3) is 0 Å². The summed E-state index contributed by atoms with van der Waals surface area (Å²) in [6.07, 6.45) is 36.4. The van der Waals surface area contributed by atoms with Crippen LogP contribution in [0.25, 0.3) is 113 Å². The number of aromatic nitrogens is 4. The van der Waals surface area contributed by atoms with Crippen LogP contribution in [0.15, 0.2) is 268 Å². The van der Waals surface area contributed by atoms with Crippen LogP contribution in [-0.4, -0.2) is 96.1 Å². The number of allylic oxidation sites excluding steroid dienone is 4. The molecule has 0 amide bonds. The van der Waals surface area contributed by atoms with Crippen LogP contribution in [0.1, 0.15) is 209 Å². The first kappa shape index (κ1) is 105. The normalized spacial score (nSPS) is 13.0. The first-order valence-electron chi connectivity index (χ1n) is 48.8. The summed E-state index contributed by atoms with van der Waals surface area (Å²) in [4.78, 5) is 9.79. The Morgan fingerprint density at radius 1 is 0.304 bits per heavy atom. The van der Waals surface area contributed by atoms with Crippen molar-refractivity contribution in [3.63, 3.8) is 0 Å². The van der Waals surface area contributed by atoms with Crippen LogP contribution in [0.3, 0.4) is 0 Å². The van der Waals surface area contributed by atoms with Gasteiger partial charge in [0.05, 0.1) is 21.9 Å². The summed E-state index contributed by atoms with van der Waals surface area (Å²) < 4.78 is 97.1. The lowest BCUT2D eigenvalue weighted by atomic mass is 10.0. The minimum Gasteiger partial charge on any atom is -0.301 e. The number of hydrogen-bond donors (Lipinski definition) is 0. The summed E-state index contributed by atoms with van der Waals surface area (Å²) in [7, 11) is 0. The second-order valence-electron chi connectivity index (χ2n) is 35.8. The Kier molecular flexibility index (Phi) is 41.3. The molecule has 0 bridgehead atoms. The third-order valence-electron chi connectivity index (χ3n) is 26.4. The molecule has 10 aromatic carbocycles. The number of para-hydroxylation sites is 2.